The van der Waals surface area contributed by atoms with Crippen LogP contribution in [0.2, 0.25) is 0 Å². The Balaban J connectivity index is 1.08. The summed E-state index contributed by atoms with van der Waals surface area (Å²) in [5, 5.41) is 11.5. The van der Waals surface area contributed by atoms with Gasteiger partial charge in [0.05, 0.1) is 5.69 Å². The van der Waals surface area contributed by atoms with Crippen molar-refractivity contribution in [1.29, 1.82) is 0 Å². The first kappa shape index (κ1) is 20.3. The molecule has 4 bridgehead atoms. The van der Waals surface area contributed by atoms with Gasteiger partial charge in [0.25, 0.3) is 0 Å². The quantitative estimate of drug-likeness (QED) is 0.443. The molecule has 7 rings (SSSR count). The van der Waals surface area contributed by atoms with E-state index in [1.165, 1.54) is 60.6 Å². The Bertz CT molecular complexity index is 1170. The first-order chi connectivity index (χ1) is 15.5. The standard InChI is InChI=1S/C26H27N3OS2/c30-23(14-26-11-16-7-17(12-26)9-18(8-16)13-26)28-24(31)29-25-27-22(15-32-25)21-6-5-19-3-1-2-4-20(19)10-21/h1-6,10,15-18H,7-9,11-14H2,(H2,27,28,29,30,31). The van der Waals surface area contributed by atoms with Crippen LogP contribution in [0.4, 0.5) is 5.13 Å². The van der Waals surface area contributed by atoms with Crippen molar-refractivity contribution in [3.05, 3.63) is 47.8 Å². The fraction of sp³-hybridized carbons (Fsp3) is 0.423. The molecule has 4 nitrogen and oxygen atoms in total. The summed E-state index contributed by atoms with van der Waals surface area (Å²) in [6.07, 6.45) is 8.48. The Morgan fingerprint density at radius 1 is 1.03 bits per heavy atom. The highest BCUT2D eigenvalue weighted by Crippen LogP contribution is 2.61. The number of carbonyl (C=O) groups excluding carboxylic acids is 1. The predicted octanol–water partition coefficient (Wildman–Crippen LogP) is 6.38. The average molecular weight is 462 g/mol. The number of thiocarbonyl (C=S) groups is 1. The number of nitrogens with zero attached hydrogens (tertiary/aromatic N) is 1. The van der Waals surface area contributed by atoms with Gasteiger partial charge in [-0.25, -0.2) is 4.98 Å². The van der Waals surface area contributed by atoms with Crippen LogP contribution >= 0.6 is 23.6 Å². The zero-order valence-corrected chi connectivity index (χ0v) is 19.6. The van der Waals surface area contributed by atoms with E-state index in [2.05, 4.69) is 45.9 Å². The second-order valence-corrected chi connectivity index (χ2v) is 11.5. The van der Waals surface area contributed by atoms with Gasteiger partial charge >= 0.3 is 0 Å². The number of hydrogen-bond donors (Lipinski definition) is 2. The second-order valence-electron chi connectivity index (χ2n) is 10.2. The third-order valence-corrected chi connectivity index (χ3v) is 8.69. The highest BCUT2D eigenvalue weighted by molar-refractivity contribution is 7.80. The lowest BCUT2D eigenvalue weighted by Gasteiger charge is -2.56. The molecule has 0 spiro atoms. The van der Waals surface area contributed by atoms with Gasteiger partial charge in [0.15, 0.2) is 10.2 Å². The summed E-state index contributed by atoms with van der Waals surface area (Å²) in [5.41, 5.74) is 2.20. The van der Waals surface area contributed by atoms with Crippen LogP contribution in [0, 0.1) is 23.2 Å². The van der Waals surface area contributed by atoms with Crippen LogP contribution in [0.25, 0.3) is 22.0 Å². The van der Waals surface area contributed by atoms with E-state index in [0.717, 1.165) is 29.0 Å². The van der Waals surface area contributed by atoms with Gasteiger partial charge in [0.1, 0.15) is 0 Å². The maximum atomic E-state index is 12.8. The monoisotopic (exact) mass is 461 g/mol. The molecule has 4 aliphatic carbocycles. The van der Waals surface area contributed by atoms with E-state index in [-0.39, 0.29) is 11.3 Å². The molecule has 3 aromatic rings. The summed E-state index contributed by atoms with van der Waals surface area (Å²) >= 11 is 6.93. The maximum absolute atomic E-state index is 12.8. The zero-order valence-electron chi connectivity index (χ0n) is 18.0. The minimum Gasteiger partial charge on any atom is -0.308 e. The van der Waals surface area contributed by atoms with Crippen LogP contribution in [-0.4, -0.2) is 16.0 Å². The number of anilines is 1. The Labute approximate surface area is 197 Å². The first-order valence-corrected chi connectivity index (χ1v) is 12.9. The summed E-state index contributed by atoms with van der Waals surface area (Å²) in [4.78, 5) is 17.5. The fourth-order valence-electron chi connectivity index (χ4n) is 6.96. The summed E-state index contributed by atoms with van der Waals surface area (Å²) < 4.78 is 0. The van der Waals surface area contributed by atoms with Crippen molar-refractivity contribution < 1.29 is 4.79 Å². The SMILES string of the molecule is O=C(CC12CC3CC(CC(C3)C1)C2)NC(=S)Nc1nc(-c2ccc3ccccc3c2)cs1. The van der Waals surface area contributed by atoms with Crippen LogP contribution in [-0.2, 0) is 4.79 Å². The van der Waals surface area contributed by atoms with Crippen molar-refractivity contribution in [2.24, 2.45) is 23.2 Å². The van der Waals surface area contributed by atoms with Crippen LogP contribution < -0.4 is 10.6 Å². The normalized spacial score (nSPS) is 28.1. The van der Waals surface area contributed by atoms with Crippen LogP contribution in [0.5, 0.6) is 0 Å². The van der Waals surface area contributed by atoms with E-state index in [0.29, 0.717) is 16.7 Å². The van der Waals surface area contributed by atoms with Gasteiger partial charge in [0.2, 0.25) is 5.91 Å². The molecule has 0 radical (unpaired) electrons. The van der Waals surface area contributed by atoms with Crippen molar-refractivity contribution >= 4 is 50.5 Å². The van der Waals surface area contributed by atoms with Crippen LogP contribution in [0.1, 0.15) is 44.9 Å². The molecule has 6 heteroatoms. The Morgan fingerprint density at radius 3 is 2.44 bits per heavy atom. The molecule has 2 aromatic carbocycles. The molecule has 4 aliphatic rings. The molecular weight excluding hydrogens is 434 g/mol. The van der Waals surface area contributed by atoms with Gasteiger partial charge < -0.3 is 10.6 Å². The number of hydrogen-bond acceptors (Lipinski definition) is 4. The number of benzene rings is 2. The third kappa shape index (κ3) is 3.95. The van der Waals surface area contributed by atoms with Gasteiger partial charge in [0, 0.05) is 17.4 Å². The van der Waals surface area contributed by atoms with Gasteiger partial charge in [-0.3, -0.25) is 4.79 Å². The summed E-state index contributed by atoms with van der Waals surface area (Å²) in [6.45, 7) is 0. The molecule has 2 N–H and O–H groups in total. The smallest absolute Gasteiger partial charge is 0.226 e. The number of carbonyl (C=O) groups is 1. The molecule has 164 valence electrons. The van der Waals surface area contributed by atoms with Crippen molar-refractivity contribution in [1.82, 2.24) is 10.3 Å². The molecule has 0 atom stereocenters. The number of nitrogens with one attached hydrogen (secondary N) is 2. The van der Waals surface area contributed by atoms with Crippen LogP contribution in [0.15, 0.2) is 47.8 Å². The van der Waals surface area contributed by atoms with Crippen molar-refractivity contribution in [2.45, 2.75) is 44.9 Å². The molecule has 1 heterocycles. The van der Waals surface area contributed by atoms with E-state index in [4.69, 9.17) is 12.2 Å². The average Bonchev–Trinajstić information content (AvgIpc) is 3.20. The van der Waals surface area contributed by atoms with E-state index in [9.17, 15) is 4.79 Å². The molecule has 4 fully saturated rings. The second kappa shape index (κ2) is 7.92. The van der Waals surface area contributed by atoms with E-state index < -0.39 is 0 Å². The Hall–Kier alpha value is -2.31. The molecule has 0 aliphatic heterocycles. The summed E-state index contributed by atoms with van der Waals surface area (Å²) in [7, 11) is 0. The third-order valence-electron chi connectivity index (χ3n) is 7.72. The van der Waals surface area contributed by atoms with Gasteiger partial charge in [-0.2, -0.15) is 0 Å². The number of amides is 1. The lowest BCUT2D eigenvalue weighted by atomic mass is 9.49. The maximum Gasteiger partial charge on any atom is 0.226 e. The Kier molecular flexibility index (Phi) is 5.03. The molecule has 4 saturated carbocycles. The lowest BCUT2D eigenvalue weighted by molar-refractivity contribution is -0.127. The van der Waals surface area contributed by atoms with Gasteiger partial charge in [-0.05, 0) is 90.8 Å². The van der Waals surface area contributed by atoms with Crippen molar-refractivity contribution in [3.63, 3.8) is 0 Å². The topological polar surface area (TPSA) is 54.0 Å². The molecule has 0 saturated heterocycles. The highest BCUT2D eigenvalue weighted by Gasteiger charge is 2.51. The molecule has 1 amide bonds. The van der Waals surface area contributed by atoms with Gasteiger partial charge in [-0.15, -0.1) is 11.3 Å². The fourth-order valence-corrected chi connectivity index (χ4v) is 7.96. The highest BCUT2D eigenvalue weighted by atomic mass is 32.1. The number of aromatic nitrogens is 1. The minimum absolute atomic E-state index is 0.0516. The summed E-state index contributed by atoms with van der Waals surface area (Å²) in [5.74, 6) is 2.60. The number of fused-ring (bicyclic) bond motifs is 1. The summed E-state index contributed by atoms with van der Waals surface area (Å²) in [6, 6.07) is 14.7. The Morgan fingerprint density at radius 2 is 1.72 bits per heavy atom. The minimum atomic E-state index is 0.0516. The van der Waals surface area contributed by atoms with Crippen molar-refractivity contribution in [3.8, 4) is 11.3 Å². The largest absolute Gasteiger partial charge is 0.308 e. The first-order valence-electron chi connectivity index (χ1n) is 11.6. The molecular formula is C26H27N3OS2. The number of rotatable bonds is 4. The molecule has 32 heavy (non-hydrogen) atoms. The zero-order chi connectivity index (χ0) is 21.7. The predicted molar refractivity (Wildman–Crippen MR) is 135 cm³/mol. The molecule has 1 aromatic heterocycles. The van der Waals surface area contributed by atoms with Gasteiger partial charge in [-0.1, -0.05) is 36.4 Å². The van der Waals surface area contributed by atoms with E-state index in [1.807, 2.05) is 17.5 Å². The molecule has 0 unspecified atom stereocenters. The van der Waals surface area contributed by atoms with E-state index in [1.54, 1.807) is 0 Å². The van der Waals surface area contributed by atoms with E-state index >= 15 is 0 Å². The van der Waals surface area contributed by atoms with Crippen LogP contribution in [0.3, 0.4) is 0 Å². The lowest BCUT2D eigenvalue weighted by Crippen LogP contribution is -2.48. The number of thiazole rings is 1. The van der Waals surface area contributed by atoms with Crippen molar-refractivity contribution in [2.75, 3.05) is 5.32 Å².